The highest BCUT2D eigenvalue weighted by atomic mass is 16.2. The van der Waals surface area contributed by atoms with Gasteiger partial charge in [-0.2, -0.15) is 0 Å². The van der Waals surface area contributed by atoms with Gasteiger partial charge in [-0.05, 0) is 30.7 Å². The van der Waals surface area contributed by atoms with E-state index in [0.717, 1.165) is 6.54 Å². The van der Waals surface area contributed by atoms with E-state index in [1.165, 1.54) is 0 Å². The van der Waals surface area contributed by atoms with Crippen molar-refractivity contribution in [2.75, 3.05) is 6.54 Å². The standard InChI is InChI=1S/C13H24N2O2/c1-8(2)10(9(3)4)7-14-11-5-6-12(16)15-13(11)17/h8-11,14H,5-7H2,1-4H3,(H,15,16,17). The molecule has 1 heterocycles. The van der Waals surface area contributed by atoms with Crippen LogP contribution in [0.3, 0.4) is 0 Å². The molecule has 0 bridgehead atoms. The van der Waals surface area contributed by atoms with Gasteiger partial charge in [0, 0.05) is 6.42 Å². The molecular weight excluding hydrogens is 216 g/mol. The summed E-state index contributed by atoms with van der Waals surface area (Å²) in [5, 5.41) is 5.66. The Balaban J connectivity index is 2.44. The minimum absolute atomic E-state index is 0.155. The van der Waals surface area contributed by atoms with Gasteiger partial charge in [0.05, 0.1) is 6.04 Å². The first-order valence-corrected chi connectivity index (χ1v) is 6.49. The van der Waals surface area contributed by atoms with Gasteiger partial charge in [-0.25, -0.2) is 0 Å². The third-order valence-electron chi connectivity index (χ3n) is 3.55. The number of piperidine rings is 1. The van der Waals surface area contributed by atoms with E-state index in [1.807, 2.05) is 0 Å². The molecule has 0 spiro atoms. The minimum atomic E-state index is -0.201. The summed E-state index contributed by atoms with van der Waals surface area (Å²) in [6, 6.07) is -0.201. The predicted octanol–water partition coefficient (Wildman–Crippen LogP) is 1.31. The van der Waals surface area contributed by atoms with E-state index in [1.54, 1.807) is 0 Å². The lowest BCUT2D eigenvalue weighted by atomic mass is 9.85. The molecule has 1 atom stereocenters. The van der Waals surface area contributed by atoms with Gasteiger partial charge in [0.2, 0.25) is 11.8 Å². The van der Waals surface area contributed by atoms with E-state index in [-0.39, 0.29) is 17.9 Å². The summed E-state index contributed by atoms with van der Waals surface area (Å²) >= 11 is 0. The van der Waals surface area contributed by atoms with Crippen molar-refractivity contribution in [2.45, 2.75) is 46.6 Å². The molecule has 4 heteroatoms. The third-order valence-corrected chi connectivity index (χ3v) is 3.55. The molecule has 0 radical (unpaired) electrons. The quantitative estimate of drug-likeness (QED) is 0.712. The molecule has 4 nitrogen and oxygen atoms in total. The molecule has 17 heavy (non-hydrogen) atoms. The zero-order chi connectivity index (χ0) is 13.0. The SMILES string of the molecule is CC(C)C(CNC1CCC(=O)NC1=O)C(C)C. The van der Waals surface area contributed by atoms with Crippen molar-refractivity contribution in [3.8, 4) is 0 Å². The summed E-state index contributed by atoms with van der Waals surface area (Å²) in [4.78, 5) is 22.6. The lowest BCUT2D eigenvalue weighted by Gasteiger charge is -2.29. The lowest BCUT2D eigenvalue weighted by Crippen LogP contribution is -2.52. The van der Waals surface area contributed by atoms with E-state index in [0.29, 0.717) is 30.6 Å². The second-order valence-electron chi connectivity index (χ2n) is 5.56. The van der Waals surface area contributed by atoms with Crippen LogP contribution in [0.1, 0.15) is 40.5 Å². The monoisotopic (exact) mass is 240 g/mol. The molecule has 0 aromatic rings. The van der Waals surface area contributed by atoms with Crippen LogP contribution < -0.4 is 10.6 Å². The average Bonchev–Trinajstić information content (AvgIpc) is 2.20. The summed E-state index contributed by atoms with van der Waals surface area (Å²) in [6.45, 7) is 9.66. The number of carbonyl (C=O) groups is 2. The molecule has 1 aliphatic heterocycles. The van der Waals surface area contributed by atoms with Crippen LogP contribution in [-0.2, 0) is 9.59 Å². The summed E-state index contributed by atoms with van der Waals surface area (Å²) in [5.41, 5.74) is 0. The van der Waals surface area contributed by atoms with Gasteiger partial charge < -0.3 is 5.32 Å². The Hall–Kier alpha value is -0.900. The predicted molar refractivity (Wildman–Crippen MR) is 67.3 cm³/mol. The third kappa shape index (κ3) is 4.11. The second-order valence-corrected chi connectivity index (χ2v) is 5.56. The van der Waals surface area contributed by atoms with Crippen LogP contribution in [0.5, 0.6) is 0 Å². The normalized spacial score (nSPS) is 21.5. The van der Waals surface area contributed by atoms with Crippen LogP contribution in [0.4, 0.5) is 0 Å². The fourth-order valence-electron chi connectivity index (χ4n) is 2.41. The van der Waals surface area contributed by atoms with E-state index < -0.39 is 0 Å². The molecule has 2 N–H and O–H groups in total. The maximum Gasteiger partial charge on any atom is 0.243 e. The molecule has 0 aromatic heterocycles. The Morgan fingerprint density at radius 1 is 1.24 bits per heavy atom. The van der Waals surface area contributed by atoms with Crippen LogP contribution in [0, 0.1) is 17.8 Å². The van der Waals surface area contributed by atoms with Crippen molar-refractivity contribution in [1.82, 2.24) is 10.6 Å². The number of nitrogens with one attached hydrogen (secondary N) is 2. The largest absolute Gasteiger partial charge is 0.306 e. The number of amides is 2. The summed E-state index contributed by atoms with van der Waals surface area (Å²) in [6.07, 6.45) is 1.06. The van der Waals surface area contributed by atoms with Crippen molar-refractivity contribution in [3.63, 3.8) is 0 Å². The number of rotatable bonds is 5. The Bertz CT molecular complexity index is 279. The maximum atomic E-state index is 11.6. The first kappa shape index (κ1) is 14.2. The van der Waals surface area contributed by atoms with Crippen molar-refractivity contribution >= 4 is 11.8 Å². The van der Waals surface area contributed by atoms with Crippen LogP contribution in [0.25, 0.3) is 0 Å². The smallest absolute Gasteiger partial charge is 0.243 e. The summed E-state index contributed by atoms with van der Waals surface area (Å²) < 4.78 is 0. The van der Waals surface area contributed by atoms with Gasteiger partial charge in [0.25, 0.3) is 0 Å². The number of hydrogen-bond acceptors (Lipinski definition) is 3. The van der Waals surface area contributed by atoms with Crippen molar-refractivity contribution in [1.29, 1.82) is 0 Å². The Kier molecular flexibility index (Phi) is 5.12. The van der Waals surface area contributed by atoms with Gasteiger partial charge in [-0.1, -0.05) is 27.7 Å². The highest BCUT2D eigenvalue weighted by Gasteiger charge is 2.27. The molecule has 98 valence electrons. The zero-order valence-electron chi connectivity index (χ0n) is 11.2. The van der Waals surface area contributed by atoms with E-state index >= 15 is 0 Å². The minimum Gasteiger partial charge on any atom is -0.306 e. The zero-order valence-corrected chi connectivity index (χ0v) is 11.2. The maximum absolute atomic E-state index is 11.6. The van der Waals surface area contributed by atoms with Gasteiger partial charge in [0.15, 0.2) is 0 Å². The fourth-order valence-corrected chi connectivity index (χ4v) is 2.41. The van der Waals surface area contributed by atoms with E-state index in [9.17, 15) is 9.59 Å². The molecular formula is C13H24N2O2. The summed E-state index contributed by atoms with van der Waals surface area (Å²) in [7, 11) is 0. The molecule has 1 aliphatic rings. The van der Waals surface area contributed by atoms with Crippen molar-refractivity contribution in [3.05, 3.63) is 0 Å². The van der Waals surface area contributed by atoms with Gasteiger partial charge in [-0.3, -0.25) is 14.9 Å². The number of imide groups is 1. The second kappa shape index (κ2) is 6.15. The molecule has 1 rings (SSSR count). The van der Waals surface area contributed by atoms with Crippen LogP contribution in [-0.4, -0.2) is 24.4 Å². The van der Waals surface area contributed by atoms with Crippen LogP contribution in [0.15, 0.2) is 0 Å². The topological polar surface area (TPSA) is 58.2 Å². The highest BCUT2D eigenvalue weighted by molar-refractivity contribution is 6.00. The summed E-state index contributed by atoms with van der Waals surface area (Å²) in [5.74, 6) is 1.41. The van der Waals surface area contributed by atoms with Crippen molar-refractivity contribution < 1.29 is 9.59 Å². The first-order valence-electron chi connectivity index (χ1n) is 6.49. The molecule has 2 amide bonds. The molecule has 0 saturated carbocycles. The van der Waals surface area contributed by atoms with E-state index in [2.05, 4.69) is 38.3 Å². The van der Waals surface area contributed by atoms with Gasteiger partial charge >= 0.3 is 0 Å². The highest BCUT2D eigenvalue weighted by Crippen LogP contribution is 2.20. The van der Waals surface area contributed by atoms with Gasteiger partial charge in [-0.15, -0.1) is 0 Å². The van der Waals surface area contributed by atoms with Gasteiger partial charge in [0.1, 0.15) is 0 Å². The molecule has 1 unspecified atom stereocenters. The molecule has 0 aromatic carbocycles. The molecule has 1 saturated heterocycles. The Morgan fingerprint density at radius 2 is 1.82 bits per heavy atom. The molecule has 1 fully saturated rings. The fraction of sp³-hybridized carbons (Fsp3) is 0.846. The lowest BCUT2D eigenvalue weighted by molar-refractivity contribution is -0.134. The first-order chi connectivity index (χ1) is 7.91. The number of hydrogen-bond donors (Lipinski definition) is 2. The number of carbonyl (C=O) groups excluding carboxylic acids is 2. The van der Waals surface area contributed by atoms with Crippen LogP contribution >= 0.6 is 0 Å². The van der Waals surface area contributed by atoms with Crippen molar-refractivity contribution in [2.24, 2.45) is 17.8 Å². The van der Waals surface area contributed by atoms with Crippen LogP contribution in [0.2, 0.25) is 0 Å². The average molecular weight is 240 g/mol. The van der Waals surface area contributed by atoms with E-state index in [4.69, 9.17) is 0 Å². The Morgan fingerprint density at radius 3 is 2.29 bits per heavy atom. The molecule has 0 aliphatic carbocycles. The Labute approximate surface area is 104 Å².